The molecule has 72 heavy (non-hydrogen) atoms. The molecular weight excluding hydrogens is 885 g/mol. The quantitative estimate of drug-likeness (QED) is 0.0374. The van der Waals surface area contributed by atoms with Crippen molar-refractivity contribution < 1.29 is 24.2 Å². The van der Waals surface area contributed by atoms with Crippen molar-refractivity contribution >= 4 is 11.9 Å². The van der Waals surface area contributed by atoms with Crippen LogP contribution < -0.4 is 0 Å². The number of carbonyl (C=O) groups is 2. The molecule has 5 nitrogen and oxygen atoms in total. The van der Waals surface area contributed by atoms with Gasteiger partial charge in [-0.2, -0.15) is 0 Å². The predicted molar refractivity (Wildman–Crippen MR) is 315 cm³/mol. The van der Waals surface area contributed by atoms with Crippen LogP contribution in [0.4, 0.5) is 0 Å². The lowest BCUT2D eigenvalue weighted by atomic mass is 10.2. The van der Waals surface area contributed by atoms with Gasteiger partial charge in [-0.05, 0) is 141 Å². The van der Waals surface area contributed by atoms with E-state index in [4.69, 9.17) is 9.47 Å². The second kappa shape index (κ2) is 59.5. The van der Waals surface area contributed by atoms with Crippen molar-refractivity contribution in [3.05, 3.63) is 219 Å². The SMILES string of the molecule is CC/C=C\C/C=C\C/C=C\C/C=C\C/C=C\C/C=C\C/C=C\C/C=C\C/C=C\C/C=C\C/C=C\C/C=C\CCCCC(=O)OC(CO)COC(=O)CC/C=C\C/C=C\C/C=C\C/C=C\C/C=C\C/C=C\CC. The van der Waals surface area contributed by atoms with Crippen molar-refractivity contribution in [3.63, 3.8) is 0 Å². The van der Waals surface area contributed by atoms with E-state index in [0.29, 0.717) is 12.8 Å². The van der Waals surface area contributed by atoms with E-state index in [1.54, 1.807) is 0 Å². The highest BCUT2D eigenvalue weighted by atomic mass is 16.6. The smallest absolute Gasteiger partial charge is 0.306 e. The van der Waals surface area contributed by atoms with Gasteiger partial charge in [-0.15, -0.1) is 0 Å². The zero-order valence-electron chi connectivity index (χ0n) is 44.8. The molecule has 0 heterocycles. The van der Waals surface area contributed by atoms with Crippen LogP contribution in [0.3, 0.4) is 0 Å². The molecule has 0 aromatic heterocycles. The minimum absolute atomic E-state index is 0.140. The maximum atomic E-state index is 12.3. The summed E-state index contributed by atoms with van der Waals surface area (Å²) in [6.07, 6.45) is 99.1. The first-order chi connectivity index (χ1) is 35.6. The van der Waals surface area contributed by atoms with Crippen molar-refractivity contribution in [2.24, 2.45) is 0 Å². The monoisotopic (exact) mass is 981 g/mol. The van der Waals surface area contributed by atoms with Crippen LogP contribution >= 0.6 is 0 Å². The third kappa shape index (κ3) is 56.8. The normalized spacial score (nSPS) is 14.0. The van der Waals surface area contributed by atoms with E-state index in [9.17, 15) is 14.7 Å². The van der Waals surface area contributed by atoms with Gasteiger partial charge >= 0.3 is 11.9 Å². The van der Waals surface area contributed by atoms with Crippen molar-refractivity contribution in [1.82, 2.24) is 0 Å². The van der Waals surface area contributed by atoms with Crippen LogP contribution in [0, 0.1) is 0 Å². The number of ether oxygens (including phenoxy) is 2. The Morgan fingerprint density at radius 1 is 0.319 bits per heavy atom. The van der Waals surface area contributed by atoms with Crippen LogP contribution in [0.2, 0.25) is 0 Å². The van der Waals surface area contributed by atoms with Crippen LogP contribution in [-0.2, 0) is 19.1 Å². The molecule has 0 saturated carbocycles. The molecule has 0 saturated heterocycles. The van der Waals surface area contributed by atoms with Gasteiger partial charge in [0.25, 0.3) is 0 Å². The Bertz CT molecular complexity index is 1820. The summed E-state index contributed by atoms with van der Waals surface area (Å²) in [7, 11) is 0. The minimum atomic E-state index is -0.845. The fourth-order valence-corrected chi connectivity index (χ4v) is 6.26. The first-order valence-electron chi connectivity index (χ1n) is 27.3. The van der Waals surface area contributed by atoms with Gasteiger partial charge in [0.15, 0.2) is 6.10 Å². The molecule has 0 rings (SSSR count). The zero-order valence-corrected chi connectivity index (χ0v) is 44.8. The van der Waals surface area contributed by atoms with Crippen molar-refractivity contribution in [1.29, 1.82) is 0 Å². The number of unbranched alkanes of at least 4 members (excludes halogenated alkanes) is 2. The third-order valence-corrected chi connectivity index (χ3v) is 10.3. The molecule has 1 N–H and O–H groups in total. The molecule has 0 spiro atoms. The molecule has 5 heteroatoms. The van der Waals surface area contributed by atoms with Crippen LogP contribution in [0.5, 0.6) is 0 Å². The second-order valence-corrected chi connectivity index (χ2v) is 16.8. The number of rotatable bonds is 46. The first kappa shape index (κ1) is 66.2. The van der Waals surface area contributed by atoms with Gasteiger partial charge in [-0.25, -0.2) is 0 Å². The van der Waals surface area contributed by atoms with E-state index >= 15 is 0 Å². The Hall–Kier alpha value is -5.78. The fourth-order valence-electron chi connectivity index (χ4n) is 6.26. The summed E-state index contributed by atoms with van der Waals surface area (Å²) >= 11 is 0. The van der Waals surface area contributed by atoms with Gasteiger partial charge in [-0.3, -0.25) is 9.59 Å². The predicted octanol–water partition coefficient (Wildman–Crippen LogP) is 18.8. The molecule has 1 atom stereocenters. The van der Waals surface area contributed by atoms with E-state index in [2.05, 4.69) is 220 Å². The van der Waals surface area contributed by atoms with Crippen LogP contribution in [0.1, 0.15) is 168 Å². The standard InChI is InChI=1S/C67H96O5/c1-3-5-7-9-11-13-15-17-19-21-23-24-25-26-27-28-29-30-31-32-33-34-35-36-37-38-39-40-41-42-44-46-48-50-52-54-56-58-60-62-67(70)72-65(63-68)64-71-66(69)61-59-57-55-53-51-49-47-45-43-22-20-18-16-14-12-10-8-6-4-2/h5-8,11-14,17-20,23-24,26-27,29-30,32-33,35-36,38-39,41-43,45-46,48-49,51-52,54-55,57,65,68H,3-4,9-10,15-16,21-22,25,28,31,34,37,40,44,47,50,53,56,58-64H2,1-2H3/b7-5-,8-6-,13-11-,14-12-,19-17-,20-18-,24-23-,27-26-,30-29-,33-32-,36-35-,39-38-,42-41-,45-43-,48-46-,51-49-,54-52-,57-55-. The van der Waals surface area contributed by atoms with Crippen molar-refractivity contribution in [2.45, 2.75) is 174 Å². The number of aliphatic hydroxyl groups excluding tert-OH is 1. The molecule has 394 valence electrons. The van der Waals surface area contributed by atoms with Crippen LogP contribution in [0.15, 0.2) is 219 Å². The molecule has 0 amide bonds. The Morgan fingerprint density at radius 3 is 0.833 bits per heavy atom. The zero-order chi connectivity index (χ0) is 52.0. The van der Waals surface area contributed by atoms with E-state index in [0.717, 1.165) is 128 Å². The van der Waals surface area contributed by atoms with Crippen LogP contribution in [0.25, 0.3) is 0 Å². The lowest BCUT2D eigenvalue weighted by Gasteiger charge is -2.15. The Balaban J connectivity index is 3.80. The highest BCUT2D eigenvalue weighted by Crippen LogP contribution is 2.07. The summed E-state index contributed by atoms with van der Waals surface area (Å²) < 4.78 is 10.6. The highest BCUT2D eigenvalue weighted by Gasteiger charge is 2.15. The van der Waals surface area contributed by atoms with Gasteiger partial charge in [0.2, 0.25) is 0 Å². The molecule has 0 aromatic rings. The summed E-state index contributed by atoms with van der Waals surface area (Å²) in [5.74, 6) is -0.763. The van der Waals surface area contributed by atoms with Crippen molar-refractivity contribution in [2.75, 3.05) is 13.2 Å². The number of esters is 2. The molecule has 0 aliphatic rings. The van der Waals surface area contributed by atoms with Gasteiger partial charge in [0, 0.05) is 12.8 Å². The van der Waals surface area contributed by atoms with Gasteiger partial charge in [0.1, 0.15) is 6.61 Å². The maximum Gasteiger partial charge on any atom is 0.306 e. The van der Waals surface area contributed by atoms with E-state index in [1.165, 1.54) is 0 Å². The van der Waals surface area contributed by atoms with Crippen LogP contribution in [-0.4, -0.2) is 36.4 Å². The summed E-state index contributed by atoms with van der Waals surface area (Å²) in [5, 5.41) is 9.61. The minimum Gasteiger partial charge on any atom is -0.462 e. The topological polar surface area (TPSA) is 72.8 Å². The van der Waals surface area contributed by atoms with Gasteiger partial charge in [0.05, 0.1) is 6.61 Å². The lowest BCUT2D eigenvalue weighted by Crippen LogP contribution is -2.28. The lowest BCUT2D eigenvalue weighted by molar-refractivity contribution is -0.161. The molecule has 0 aliphatic heterocycles. The second-order valence-electron chi connectivity index (χ2n) is 16.8. The first-order valence-corrected chi connectivity index (χ1v) is 27.3. The number of aliphatic hydroxyl groups is 1. The number of hydrogen-bond donors (Lipinski definition) is 1. The highest BCUT2D eigenvalue weighted by molar-refractivity contribution is 5.70. The summed E-state index contributed by atoms with van der Waals surface area (Å²) in [6, 6.07) is 0. The number of hydrogen-bond acceptors (Lipinski definition) is 5. The molecule has 0 radical (unpaired) electrons. The van der Waals surface area contributed by atoms with E-state index < -0.39 is 6.10 Å². The molecular formula is C67H96O5. The molecule has 0 bridgehead atoms. The third-order valence-electron chi connectivity index (χ3n) is 10.3. The maximum absolute atomic E-state index is 12.3. The molecule has 0 aromatic carbocycles. The molecule has 0 fully saturated rings. The summed E-state index contributed by atoms with van der Waals surface area (Å²) in [4.78, 5) is 24.4. The molecule has 0 aliphatic carbocycles. The fraction of sp³-hybridized carbons (Fsp3) is 0.433. The molecule has 1 unspecified atom stereocenters. The van der Waals surface area contributed by atoms with Gasteiger partial charge in [-0.1, -0.05) is 233 Å². The average Bonchev–Trinajstić information content (AvgIpc) is 3.38. The largest absolute Gasteiger partial charge is 0.462 e. The van der Waals surface area contributed by atoms with Gasteiger partial charge < -0.3 is 14.6 Å². The van der Waals surface area contributed by atoms with E-state index in [1.807, 2.05) is 12.2 Å². The summed E-state index contributed by atoms with van der Waals surface area (Å²) in [6.45, 7) is 3.78. The van der Waals surface area contributed by atoms with E-state index in [-0.39, 0.29) is 38.0 Å². The Labute approximate surface area is 440 Å². The van der Waals surface area contributed by atoms with Crippen molar-refractivity contribution in [3.8, 4) is 0 Å². The Kier molecular flexibility index (Phi) is 54.7. The number of allylic oxidation sites excluding steroid dienone is 36. The Morgan fingerprint density at radius 2 is 0.569 bits per heavy atom. The number of carbonyl (C=O) groups excluding carboxylic acids is 2. The summed E-state index contributed by atoms with van der Waals surface area (Å²) in [5.41, 5.74) is 0. The average molecular weight is 981 g/mol.